The molecule has 0 aromatic carbocycles. The van der Waals surface area contributed by atoms with Crippen molar-refractivity contribution in [2.24, 2.45) is 0 Å². The van der Waals surface area contributed by atoms with E-state index in [1.165, 1.54) is 19.3 Å². The molecular weight excluding hydrogens is 266 g/mol. The van der Waals surface area contributed by atoms with Crippen molar-refractivity contribution < 1.29 is 23.6 Å². The molecule has 4 amide bonds. The van der Waals surface area contributed by atoms with Crippen molar-refractivity contribution in [3.05, 3.63) is 24.2 Å². The van der Waals surface area contributed by atoms with Crippen LogP contribution in [0.3, 0.4) is 0 Å². The van der Waals surface area contributed by atoms with Gasteiger partial charge in [-0.2, -0.15) is 0 Å². The van der Waals surface area contributed by atoms with E-state index in [4.69, 9.17) is 4.42 Å². The van der Waals surface area contributed by atoms with Crippen LogP contribution in [0.15, 0.2) is 22.8 Å². The fraction of sp³-hybridized carbons (Fsp3) is 0.333. The number of carbonyl (C=O) groups excluding carboxylic acids is 4. The van der Waals surface area contributed by atoms with E-state index >= 15 is 0 Å². The average molecular weight is 279 g/mol. The normalized spacial score (nSPS) is 16.6. The van der Waals surface area contributed by atoms with Crippen LogP contribution in [0.2, 0.25) is 0 Å². The zero-order valence-electron chi connectivity index (χ0n) is 10.7. The van der Waals surface area contributed by atoms with Gasteiger partial charge in [0, 0.05) is 0 Å². The molecule has 0 spiro atoms. The van der Waals surface area contributed by atoms with Crippen molar-refractivity contribution in [3.63, 3.8) is 0 Å². The van der Waals surface area contributed by atoms with Gasteiger partial charge in [-0.15, -0.1) is 0 Å². The Labute approximate surface area is 114 Å². The Morgan fingerprint density at radius 2 is 2.00 bits per heavy atom. The maximum atomic E-state index is 12.0. The summed E-state index contributed by atoms with van der Waals surface area (Å²) < 4.78 is 4.90. The molecule has 1 fully saturated rings. The molecule has 1 atom stereocenters. The predicted molar refractivity (Wildman–Crippen MR) is 65.4 cm³/mol. The summed E-state index contributed by atoms with van der Waals surface area (Å²) in [5.74, 6) is -2.05. The molecule has 0 saturated carbocycles. The van der Waals surface area contributed by atoms with Gasteiger partial charge in [-0.1, -0.05) is 0 Å². The molecule has 1 aliphatic rings. The molecule has 106 valence electrons. The average Bonchev–Trinajstić information content (AvgIpc) is 2.90. The molecule has 1 saturated heterocycles. The number of nitrogens with zero attached hydrogens (tertiary/aromatic N) is 1. The molecule has 20 heavy (non-hydrogen) atoms. The highest BCUT2D eigenvalue weighted by atomic mass is 16.3. The first-order valence-electron chi connectivity index (χ1n) is 5.93. The lowest BCUT2D eigenvalue weighted by atomic mass is 10.2. The highest BCUT2D eigenvalue weighted by Gasteiger charge is 2.30. The van der Waals surface area contributed by atoms with Gasteiger partial charge in [-0.05, 0) is 19.1 Å². The third-order valence-electron chi connectivity index (χ3n) is 2.72. The van der Waals surface area contributed by atoms with Gasteiger partial charge in [0.2, 0.25) is 17.7 Å². The van der Waals surface area contributed by atoms with Gasteiger partial charge < -0.3 is 14.6 Å². The lowest BCUT2D eigenvalue weighted by Crippen LogP contribution is -2.57. The summed E-state index contributed by atoms with van der Waals surface area (Å²) in [6.45, 7) is 1.07. The predicted octanol–water partition coefficient (Wildman–Crippen LogP) is -1.12. The van der Waals surface area contributed by atoms with Crippen LogP contribution >= 0.6 is 0 Å². The van der Waals surface area contributed by atoms with Gasteiger partial charge in [-0.3, -0.25) is 24.5 Å². The van der Waals surface area contributed by atoms with Crippen LogP contribution in [-0.2, 0) is 14.4 Å². The number of rotatable bonds is 3. The largest absolute Gasteiger partial charge is 0.459 e. The Kier molecular flexibility index (Phi) is 3.83. The van der Waals surface area contributed by atoms with Gasteiger partial charge in [0.1, 0.15) is 19.1 Å². The van der Waals surface area contributed by atoms with Crippen LogP contribution in [0, 0.1) is 0 Å². The van der Waals surface area contributed by atoms with Crippen LogP contribution in [-0.4, -0.2) is 47.7 Å². The van der Waals surface area contributed by atoms with E-state index < -0.39 is 29.7 Å². The second-order valence-corrected chi connectivity index (χ2v) is 4.34. The minimum absolute atomic E-state index is 0.0807. The fourth-order valence-corrected chi connectivity index (χ4v) is 1.80. The molecule has 0 aliphatic carbocycles. The van der Waals surface area contributed by atoms with Crippen LogP contribution in [0.25, 0.3) is 0 Å². The van der Waals surface area contributed by atoms with E-state index in [0.29, 0.717) is 0 Å². The molecule has 8 nitrogen and oxygen atoms in total. The lowest BCUT2D eigenvalue weighted by molar-refractivity contribution is -0.146. The molecule has 2 rings (SSSR count). The number of amides is 4. The minimum Gasteiger partial charge on any atom is -0.459 e. The SMILES string of the molecule is CC(NC(=O)c1ccco1)C(=O)N1CC(=O)NC(=O)C1. The number of furan rings is 1. The first kappa shape index (κ1) is 13.8. The third-order valence-corrected chi connectivity index (χ3v) is 2.72. The third kappa shape index (κ3) is 3.02. The van der Waals surface area contributed by atoms with Gasteiger partial charge in [0.05, 0.1) is 6.26 Å². The Balaban J connectivity index is 1.96. The standard InChI is InChI=1S/C12H13N3O5/c1-7(13-11(18)8-3-2-4-20-8)12(19)15-5-9(16)14-10(17)6-15/h2-4,7H,5-6H2,1H3,(H,13,18)(H,14,16,17). The second kappa shape index (κ2) is 5.55. The van der Waals surface area contributed by atoms with E-state index in [0.717, 1.165) is 4.90 Å². The number of hydrogen-bond acceptors (Lipinski definition) is 5. The van der Waals surface area contributed by atoms with Crippen LogP contribution in [0.4, 0.5) is 0 Å². The molecule has 1 aromatic heterocycles. The van der Waals surface area contributed by atoms with Gasteiger partial charge in [0.25, 0.3) is 5.91 Å². The molecule has 2 heterocycles. The number of carbonyl (C=O) groups is 4. The maximum absolute atomic E-state index is 12.0. The number of piperazine rings is 1. The van der Waals surface area contributed by atoms with Gasteiger partial charge >= 0.3 is 0 Å². The fourth-order valence-electron chi connectivity index (χ4n) is 1.80. The summed E-state index contributed by atoms with van der Waals surface area (Å²) in [7, 11) is 0. The summed E-state index contributed by atoms with van der Waals surface area (Å²) in [5, 5.41) is 4.53. The minimum atomic E-state index is -0.869. The molecular formula is C12H13N3O5. The Hall–Kier alpha value is -2.64. The quantitative estimate of drug-likeness (QED) is 0.681. The highest BCUT2D eigenvalue weighted by Crippen LogP contribution is 2.03. The second-order valence-electron chi connectivity index (χ2n) is 4.34. The Morgan fingerprint density at radius 1 is 1.35 bits per heavy atom. The topological polar surface area (TPSA) is 109 Å². The van der Waals surface area contributed by atoms with Gasteiger partial charge in [0.15, 0.2) is 5.76 Å². The van der Waals surface area contributed by atoms with E-state index in [2.05, 4.69) is 10.6 Å². The van der Waals surface area contributed by atoms with Crippen LogP contribution < -0.4 is 10.6 Å². The maximum Gasteiger partial charge on any atom is 0.287 e. The van der Waals surface area contributed by atoms with Crippen molar-refractivity contribution >= 4 is 23.6 Å². The van der Waals surface area contributed by atoms with E-state index in [9.17, 15) is 19.2 Å². The highest BCUT2D eigenvalue weighted by molar-refractivity contribution is 6.03. The van der Waals surface area contributed by atoms with Crippen molar-refractivity contribution in [2.45, 2.75) is 13.0 Å². The summed E-state index contributed by atoms with van der Waals surface area (Å²) in [5.41, 5.74) is 0. The smallest absolute Gasteiger partial charge is 0.287 e. The van der Waals surface area contributed by atoms with Crippen molar-refractivity contribution in [2.75, 3.05) is 13.1 Å². The van der Waals surface area contributed by atoms with Crippen LogP contribution in [0.5, 0.6) is 0 Å². The van der Waals surface area contributed by atoms with Crippen LogP contribution in [0.1, 0.15) is 17.5 Å². The summed E-state index contributed by atoms with van der Waals surface area (Å²) in [6, 6.07) is 2.14. The molecule has 1 aliphatic heterocycles. The van der Waals surface area contributed by atoms with Crippen molar-refractivity contribution in [1.29, 1.82) is 0 Å². The Bertz CT molecular complexity index is 535. The molecule has 2 N–H and O–H groups in total. The number of hydrogen-bond donors (Lipinski definition) is 2. The van der Waals surface area contributed by atoms with Crippen molar-refractivity contribution in [1.82, 2.24) is 15.5 Å². The van der Waals surface area contributed by atoms with E-state index in [-0.39, 0.29) is 18.8 Å². The first-order chi connectivity index (χ1) is 9.47. The van der Waals surface area contributed by atoms with Gasteiger partial charge in [-0.25, -0.2) is 0 Å². The molecule has 8 heteroatoms. The lowest BCUT2D eigenvalue weighted by Gasteiger charge is -2.28. The van der Waals surface area contributed by atoms with E-state index in [1.807, 2.05) is 0 Å². The zero-order chi connectivity index (χ0) is 14.7. The monoisotopic (exact) mass is 279 g/mol. The first-order valence-corrected chi connectivity index (χ1v) is 5.93. The van der Waals surface area contributed by atoms with Crippen molar-refractivity contribution in [3.8, 4) is 0 Å². The Morgan fingerprint density at radius 3 is 2.55 bits per heavy atom. The summed E-state index contributed by atoms with van der Waals surface area (Å²) in [6.07, 6.45) is 1.34. The zero-order valence-corrected chi connectivity index (χ0v) is 10.7. The molecule has 1 unspecified atom stereocenters. The number of nitrogens with one attached hydrogen (secondary N) is 2. The summed E-state index contributed by atoms with van der Waals surface area (Å²) >= 11 is 0. The number of imide groups is 1. The molecule has 1 aromatic rings. The molecule has 0 radical (unpaired) electrons. The summed E-state index contributed by atoms with van der Waals surface area (Å²) in [4.78, 5) is 47.2. The van der Waals surface area contributed by atoms with E-state index in [1.54, 1.807) is 6.07 Å². The molecule has 0 bridgehead atoms.